The molecule has 0 fully saturated rings. The first kappa shape index (κ1) is 36.4. The van der Waals surface area contributed by atoms with Crippen LogP contribution < -0.4 is 38.3 Å². The molecule has 2 aromatic rings. The summed E-state index contributed by atoms with van der Waals surface area (Å²) in [5, 5.41) is 65.2. The third-order valence-corrected chi connectivity index (χ3v) is 6.67. The van der Waals surface area contributed by atoms with E-state index in [-0.39, 0.29) is 42.4 Å². The van der Waals surface area contributed by atoms with Crippen LogP contribution in [0.25, 0.3) is 0 Å². The summed E-state index contributed by atoms with van der Waals surface area (Å²) in [6, 6.07) is 3.89. The summed E-state index contributed by atoms with van der Waals surface area (Å²) < 4.78 is 0. The lowest BCUT2D eigenvalue weighted by molar-refractivity contribution is -0.141. The van der Waals surface area contributed by atoms with Crippen LogP contribution in [0.2, 0.25) is 0 Å². The van der Waals surface area contributed by atoms with Gasteiger partial charge in [-0.1, -0.05) is 13.3 Å². The molecule has 0 saturated carbocycles. The smallest absolute Gasteiger partial charge is 0.333 e. The zero-order valence-electron chi connectivity index (χ0n) is 24.1. The second-order valence-electron chi connectivity index (χ2n) is 10.1. The van der Waals surface area contributed by atoms with Gasteiger partial charge in [0.1, 0.15) is 36.3 Å². The van der Waals surface area contributed by atoms with Crippen molar-refractivity contribution in [1.29, 1.82) is 0 Å². The number of nitrogens with zero attached hydrogens (tertiary/aromatic N) is 1. The van der Waals surface area contributed by atoms with E-state index >= 15 is 0 Å². The number of aromatic nitrogens is 2. The maximum Gasteiger partial charge on any atom is 0.333 e. The molecule has 0 saturated heterocycles. The SMILES string of the molecule is CCCC(NC(=O)c1ccc(NCC2(C(=O)O)CNc3nc(N)[nH]c(=O)c3N2)cc1)C(=O)O.N[C@@H](C=O)[C@@H](O)[C@@H](O)[C@H](O)CO. The number of carboxylic acids is 2. The monoisotopic (exact) mass is 638 g/mol. The van der Waals surface area contributed by atoms with E-state index in [9.17, 15) is 34.2 Å². The molecule has 0 bridgehead atoms. The van der Waals surface area contributed by atoms with Crippen LogP contribution in [-0.4, -0.2) is 120 Å². The van der Waals surface area contributed by atoms with E-state index in [0.717, 1.165) is 0 Å². The van der Waals surface area contributed by atoms with Crippen LogP contribution in [-0.2, 0) is 14.4 Å². The van der Waals surface area contributed by atoms with Gasteiger partial charge in [0.05, 0.1) is 25.7 Å². The molecule has 6 atom stereocenters. The number of nitrogens with one attached hydrogen (secondary N) is 5. The molecule has 0 aliphatic carbocycles. The minimum atomic E-state index is -1.62. The van der Waals surface area contributed by atoms with Gasteiger partial charge in [0.25, 0.3) is 11.5 Å². The number of aliphatic hydroxyl groups is 4. The summed E-state index contributed by atoms with van der Waals surface area (Å²) in [6.45, 7) is 0.933. The molecule has 2 heterocycles. The number of amides is 1. The van der Waals surface area contributed by atoms with Gasteiger partial charge in [-0.3, -0.25) is 14.6 Å². The highest BCUT2D eigenvalue weighted by atomic mass is 16.4. The van der Waals surface area contributed by atoms with Crippen molar-refractivity contribution in [2.75, 3.05) is 41.4 Å². The standard InChI is InChI=1S/C20H25N7O6.C6H13NO5/c1-2-3-12(17(30)31)24-15(28)10-4-6-11(7-5-10)22-8-20(18(32)33)9-23-14-13(27-20)16(29)26-19(21)25-14;7-3(1-8)5(11)6(12)4(10)2-9/h4-7,12,22,27H,2-3,8-9H2,1H3,(H,24,28)(H,30,31)(H,32,33)(H4,21,23,25,26,29);1,3-6,9-12H,2,7H2/t;3-,4+,5+,6-/m.0/s1. The van der Waals surface area contributed by atoms with Gasteiger partial charge < -0.3 is 68.2 Å². The maximum atomic E-state index is 12.3. The highest BCUT2D eigenvalue weighted by Gasteiger charge is 2.43. The van der Waals surface area contributed by atoms with Crippen LogP contribution in [0.3, 0.4) is 0 Å². The number of H-pyrrole nitrogens is 1. The van der Waals surface area contributed by atoms with Crippen molar-refractivity contribution in [3.63, 3.8) is 0 Å². The fourth-order valence-electron chi connectivity index (χ4n) is 3.99. The number of nitrogen functional groups attached to an aromatic ring is 1. The maximum absolute atomic E-state index is 12.3. The van der Waals surface area contributed by atoms with E-state index in [1.807, 2.05) is 6.92 Å². The number of hydrogen-bond donors (Lipinski definition) is 13. The molecule has 1 aromatic carbocycles. The van der Waals surface area contributed by atoms with Crippen molar-refractivity contribution in [3.8, 4) is 0 Å². The molecule has 0 radical (unpaired) electrons. The summed E-state index contributed by atoms with van der Waals surface area (Å²) in [4.78, 5) is 64.0. The molecule has 0 spiro atoms. The fraction of sp³-hybridized carbons (Fsp3) is 0.462. The molecule has 3 rings (SSSR count). The minimum absolute atomic E-state index is 0.0354. The van der Waals surface area contributed by atoms with Gasteiger partial charge in [-0.15, -0.1) is 0 Å². The number of nitrogens with two attached hydrogens (primary N) is 2. The molecule has 1 aliphatic rings. The Hall–Kier alpha value is -4.82. The highest BCUT2D eigenvalue weighted by molar-refractivity contribution is 5.97. The van der Waals surface area contributed by atoms with Crippen LogP contribution >= 0.6 is 0 Å². The van der Waals surface area contributed by atoms with E-state index in [0.29, 0.717) is 18.5 Å². The Labute approximate surface area is 255 Å². The lowest BCUT2D eigenvalue weighted by Gasteiger charge is -2.36. The Morgan fingerprint density at radius 1 is 1.13 bits per heavy atom. The number of aromatic amines is 1. The topological polar surface area (TPSA) is 336 Å². The van der Waals surface area contributed by atoms with Crippen LogP contribution in [0.4, 0.5) is 23.1 Å². The molecule has 19 nitrogen and oxygen atoms in total. The summed E-state index contributed by atoms with van der Waals surface area (Å²) in [6.07, 6.45) is -3.51. The summed E-state index contributed by atoms with van der Waals surface area (Å²) in [5.74, 6) is -2.76. The number of carboxylic acid groups (broad SMARTS) is 2. The highest BCUT2D eigenvalue weighted by Crippen LogP contribution is 2.26. The average Bonchev–Trinajstić information content (AvgIpc) is 3.02. The second kappa shape index (κ2) is 16.3. The number of carbonyl (C=O) groups excluding carboxylic acids is 2. The zero-order valence-corrected chi connectivity index (χ0v) is 24.1. The van der Waals surface area contributed by atoms with E-state index in [4.69, 9.17) is 31.9 Å². The van der Waals surface area contributed by atoms with Gasteiger partial charge in [-0.05, 0) is 30.7 Å². The first-order valence-corrected chi connectivity index (χ1v) is 13.6. The van der Waals surface area contributed by atoms with Crippen molar-refractivity contribution < 1.29 is 49.8 Å². The largest absolute Gasteiger partial charge is 0.480 e. The Bertz CT molecular complexity index is 1390. The van der Waals surface area contributed by atoms with Gasteiger partial charge in [0.2, 0.25) is 5.95 Å². The molecule has 1 aromatic heterocycles. The number of aliphatic carboxylic acids is 2. The number of rotatable bonds is 14. The molecule has 2 unspecified atom stereocenters. The van der Waals surface area contributed by atoms with Gasteiger partial charge in [0, 0.05) is 11.3 Å². The molecule has 19 heteroatoms. The lowest BCUT2D eigenvalue weighted by atomic mass is 9.96. The van der Waals surface area contributed by atoms with Gasteiger partial charge in [0.15, 0.2) is 11.4 Å². The lowest BCUT2D eigenvalue weighted by Crippen LogP contribution is -2.59. The Morgan fingerprint density at radius 2 is 1.78 bits per heavy atom. The quantitative estimate of drug-likeness (QED) is 0.0901. The molecule has 1 amide bonds. The normalized spacial score (nSPS) is 18.5. The average molecular weight is 639 g/mol. The van der Waals surface area contributed by atoms with Gasteiger partial charge in [-0.25, -0.2) is 9.59 Å². The van der Waals surface area contributed by atoms with Gasteiger partial charge in [-0.2, -0.15) is 4.98 Å². The number of hydrogen-bond acceptors (Lipinski definition) is 15. The van der Waals surface area contributed by atoms with E-state index in [1.54, 1.807) is 12.1 Å². The van der Waals surface area contributed by atoms with Crippen molar-refractivity contribution in [2.45, 2.75) is 55.7 Å². The Balaban J connectivity index is 0.000000498. The molecule has 15 N–H and O–H groups in total. The predicted octanol–water partition coefficient (Wildman–Crippen LogP) is -3.30. The van der Waals surface area contributed by atoms with E-state index in [2.05, 4.69) is 31.2 Å². The van der Waals surface area contributed by atoms with Crippen molar-refractivity contribution in [2.24, 2.45) is 5.73 Å². The van der Waals surface area contributed by atoms with Crippen molar-refractivity contribution in [3.05, 3.63) is 40.2 Å². The first-order valence-electron chi connectivity index (χ1n) is 13.6. The number of anilines is 4. The molecular formula is C26H38N8O11. The molecule has 1 aliphatic heterocycles. The van der Waals surface area contributed by atoms with Crippen LogP contribution in [0.15, 0.2) is 29.1 Å². The third kappa shape index (κ3) is 9.58. The predicted molar refractivity (Wildman–Crippen MR) is 160 cm³/mol. The number of aldehydes is 1. The molecular weight excluding hydrogens is 600 g/mol. The third-order valence-electron chi connectivity index (χ3n) is 6.67. The zero-order chi connectivity index (χ0) is 33.9. The number of fused-ring (bicyclic) bond motifs is 1. The van der Waals surface area contributed by atoms with Crippen LogP contribution in [0, 0.1) is 0 Å². The Morgan fingerprint density at radius 3 is 2.31 bits per heavy atom. The first-order chi connectivity index (χ1) is 21.2. The van der Waals surface area contributed by atoms with E-state index in [1.165, 1.54) is 12.1 Å². The number of carbonyl (C=O) groups is 4. The van der Waals surface area contributed by atoms with Gasteiger partial charge >= 0.3 is 11.9 Å². The van der Waals surface area contributed by atoms with Crippen molar-refractivity contribution >= 4 is 47.3 Å². The summed E-state index contributed by atoms with van der Waals surface area (Å²) >= 11 is 0. The van der Waals surface area contributed by atoms with Crippen LogP contribution in [0.1, 0.15) is 30.1 Å². The minimum Gasteiger partial charge on any atom is -0.480 e. The Kier molecular flexibility index (Phi) is 13.2. The molecule has 45 heavy (non-hydrogen) atoms. The summed E-state index contributed by atoms with van der Waals surface area (Å²) in [5.41, 5.74) is 9.13. The van der Waals surface area contributed by atoms with Crippen molar-refractivity contribution in [1.82, 2.24) is 15.3 Å². The number of benzene rings is 1. The number of aliphatic hydroxyl groups excluding tert-OH is 4. The van der Waals surface area contributed by atoms with Crippen LogP contribution in [0.5, 0.6) is 0 Å². The summed E-state index contributed by atoms with van der Waals surface area (Å²) in [7, 11) is 0. The fourth-order valence-corrected chi connectivity index (χ4v) is 3.99. The molecule has 248 valence electrons. The van der Waals surface area contributed by atoms with E-state index < -0.39 is 65.9 Å². The second-order valence-corrected chi connectivity index (χ2v) is 10.1.